The van der Waals surface area contributed by atoms with E-state index in [0.29, 0.717) is 17.5 Å². The predicted molar refractivity (Wildman–Crippen MR) is 96.3 cm³/mol. The first-order valence-electron chi connectivity index (χ1n) is 7.93. The van der Waals surface area contributed by atoms with E-state index in [0.717, 1.165) is 37.8 Å². The molecule has 2 aromatic rings. The van der Waals surface area contributed by atoms with E-state index in [1.165, 1.54) is 16.0 Å². The lowest BCUT2D eigenvalue weighted by Gasteiger charge is -2.40. The maximum atomic E-state index is 11.6. The number of hydrogen-bond acceptors (Lipinski definition) is 5. The molecule has 0 spiro atoms. The van der Waals surface area contributed by atoms with Gasteiger partial charge >= 0.3 is 0 Å². The number of nitrogens with one attached hydrogen (secondary N) is 1. The Bertz CT molecular complexity index is 889. The Morgan fingerprint density at radius 3 is 2.92 bits per heavy atom. The molecule has 3 heterocycles. The smallest absolute Gasteiger partial charge is 0.229 e. The van der Waals surface area contributed by atoms with Crippen LogP contribution in [0, 0.1) is 0 Å². The summed E-state index contributed by atoms with van der Waals surface area (Å²) in [6.45, 7) is 1.82. The van der Waals surface area contributed by atoms with Crippen molar-refractivity contribution in [1.29, 1.82) is 0 Å². The zero-order chi connectivity index (χ0) is 16.9. The molecule has 128 valence electrons. The monoisotopic (exact) mass is 364 g/mol. The Morgan fingerprint density at radius 1 is 1.33 bits per heavy atom. The molecule has 1 atom stereocenters. The standard InChI is InChI=1S/C17H20N2O3S2/c1-22-17-13-10-19-7-5-16-12(6-8-23-16)15(19)9-11(13)3-4-14(17)18-24(2,20)21/h3-4,6,8,15,18H,5,7,9-10H2,1-2H3/t15-/m0/s1. The fourth-order valence-corrected chi connectivity index (χ4v) is 5.32. The van der Waals surface area contributed by atoms with Gasteiger partial charge in [0.05, 0.1) is 19.1 Å². The van der Waals surface area contributed by atoms with Gasteiger partial charge in [0.15, 0.2) is 0 Å². The van der Waals surface area contributed by atoms with Gasteiger partial charge in [-0.25, -0.2) is 8.42 Å². The first kappa shape index (κ1) is 15.9. The van der Waals surface area contributed by atoms with Gasteiger partial charge in [-0.15, -0.1) is 11.3 Å². The minimum absolute atomic E-state index is 0.422. The van der Waals surface area contributed by atoms with Gasteiger partial charge in [-0.3, -0.25) is 9.62 Å². The molecule has 0 fully saturated rings. The van der Waals surface area contributed by atoms with Gasteiger partial charge in [0, 0.05) is 29.6 Å². The molecular weight excluding hydrogens is 344 g/mol. The molecule has 4 rings (SSSR count). The van der Waals surface area contributed by atoms with E-state index in [9.17, 15) is 8.42 Å². The third-order valence-corrected chi connectivity index (χ3v) is 6.42. The first-order chi connectivity index (χ1) is 11.5. The summed E-state index contributed by atoms with van der Waals surface area (Å²) in [5.74, 6) is 0.646. The molecule has 0 saturated carbocycles. The summed E-state index contributed by atoms with van der Waals surface area (Å²) >= 11 is 1.85. The summed E-state index contributed by atoms with van der Waals surface area (Å²) in [6.07, 6.45) is 3.18. The Kier molecular flexibility index (Phi) is 3.82. The number of hydrogen-bond donors (Lipinski definition) is 1. The molecule has 0 aliphatic carbocycles. The summed E-state index contributed by atoms with van der Waals surface area (Å²) < 4.78 is 31.3. The minimum Gasteiger partial charge on any atom is -0.494 e. The molecular formula is C17H20N2O3S2. The maximum Gasteiger partial charge on any atom is 0.229 e. The van der Waals surface area contributed by atoms with Crippen molar-refractivity contribution in [3.8, 4) is 5.75 Å². The van der Waals surface area contributed by atoms with Crippen molar-refractivity contribution in [2.75, 3.05) is 24.6 Å². The zero-order valence-electron chi connectivity index (χ0n) is 13.7. The van der Waals surface area contributed by atoms with Gasteiger partial charge in [0.25, 0.3) is 0 Å². The number of benzene rings is 1. The van der Waals surface area contributed by atoms with Crippen LogP contribution in [0.2, 0.25) is 0 Å². The number of ether oxygens (including phenoxy) is 1. The molecule has 0 radical (unpaired) electrons. The molecule has 0 amide bonds. The highest BCUT2D eigenvalue weighted by Crippen LogP contribution is 2.44. The topological polar surface area (TPSA) is 58.6 Å². The lowest BCUT2D eigenvalue weighted by Crippen LogP contribution is -2.38. The quantitative estimate of drug-likeness (QED) is 0.910. The summed E-state index contributed by atoms with van der Waals surface area (Å²) in [5.41, 5.74) is 4.31. The fourth-order valence-electron chi connectivity index (χ4n) is 3.83. The lowest BCUT2D eigenvalue weighted by atomic mass is 9.86. The molecule has 0 saturated heterocycles. The molecule has 0 unspecified atom stereocenters. The van der Waals surface area contributed by atoms with Gasteiger partial charge in [0.2, 0.25) is 10.0 Å². The molecule has 2 aliphatic rings. The largest absolute Gasteiger partial charge is 0.494 e. The van der Waals surface area contributed by atoms with E-state index in [1.54, 1.807) is 7.11 Å². The van der Waals surface area contributed by atoms with Crippen molar-refractivity contribution in [3.63, 3.8) is 0 Å². The Labute approximate surface area is 146 Å². The number of rotatable bonds is 3. The van der Waals surface area contributed by atoms with Crippen molar-refractivity contribution in [3.05, 3.63) is 45.1 Å². The summed E-state index contributed by atoms with van der Waals surface area (Å²) in [6, 6.07) is 6.51. The normalized spacial score (nSPS) is 20.0. The van der Waals surface area contributed by atoms with Gasteiger partial charge < -0.3 is 4.74 Å². The van der Waals surface area contributed by atoms with Gasteiger partial charge in [-0.1, -0.05) is 6.07 Å². The van der Waals surface area contributed by atoms with Crippen LogP contribution >= 0.6 is 11.3 Å². The van der Waals surface area contributed by atoms with Crippen molar-refractivity contribution >= 4 is 27.0 Å². The first-order valence-corrected chi connectivity index (χ1v) is 10.7. The molecule has 1 N–H and O–H groups in total. The van der Waals surface area contributed by atoms with E-state index >= 15 is 0 Å². The van der Waals surface area contributed by atoms with Crippen molar-refractivity contribution < 1.29 is 13.2 Å². The number of thiophene rings is 1. The van der Waals surface area contributed by atoms with Gasteiger partial charge in [-0.2, -0.15) is 0 Å². The molecule has 2 aliphatic heterocycles. The van der Waals surface area contributed by atoms with Crippen LogP contribution in [0.15, 0.2) is 23.6 Å². The van der Waals surface area contributed by atoms with Crippen LogP contribution in [0.5, 0.6) is 5.75 Å². The minimum atomic E-state index is -3.33. The highest BCUT2D eigenvalue weighted by molar-refractivity contribution is 7.92. The SMILES string of the molecule is COc1c(NS(C)(=O)=O)ccc2c1CN1CCc3sccc3[C@@H]1C2. The van der Waals surface area contributed by atoms with Crippen LogP contribution in [-0.2, 0) is 29.4 Å². The number of sulfonamides is 1. The highest BCUT2D eigenvalue weighted by atomic mass is 32.2. The summed E-state index contributed by atoms with van der Waals surface area (Å²) in [4.78, 5) is 3.98. The maximum absolute atomic E-state index is 11.6. The second-order valence-electron chi connectivity index (χ2n) is 6.40. The molecule has 1 aromatic heterocycles. The van der Waals surface area contributed by atoms with Gasteiger partial charge in [0.1, 0.15) is 5.75 Å². The van der Waals surface area contributed by atoms with Crippen LogP contribution in [0.4, 0.5) is 5.69 Å². The Morgan fingerprint density at radius 2 is 2.17 bits per heavy atom. The zero-order valence-corrected chi connectivity index (χ0v) is 15.3. The number of methoxy groups -OCH3 is 1. The van der Waals surface area contributed by atoms with Crippen molar-refractivity contribution in [2.24, 2.45) is 0 Å². The molecule has 24 heavy (non-hydrogen) atoms. The van der Waals surface area contributed by atoms with E-state index < -0.39 is 10.0 Å². The third kappa shape index (κ3) is 2.70. The molecule has 5 nitrogen and oxygen atoms in total. The van der Waals surface area contributed by atoms with E-state index in [1.807, 2.05) is 23.5 Å². The Balaban J connectivity index is 1.75. The lowest BCUT2D eigenvalue weighted by molar-refractivity contribution is 0.160. The number of nitrogens with zero attached hydrogens (tertiary/aromatic N) is 1. The second-order valence-corrected chi connectivity index (χ2v) is 9.15. The Hall–Kier alpha value is -1.57. The average molecular weight is 364 g/mol. The van der Waals surface area contributed by atoms with Crippen LogP contribution < -0.4 is 9.46 Å². The third-order valence-electron chi connectivity index (χ3n) is 4.84. The molecule has 7 heteroatoms. The number of fused-ring (bicyclic) bond motifs is 4. The van der Waals surface area contributed by atoms with E-state index in [-0.39, 0.29) is 0 Å². The highest BCUT2D eigenvalue weighted by Gasteiger charge is 2.34. The molecule has 0 bridgehead atoms. The van der Waals surface area contributed by atoms with Crippen molar-refractivity contribution in [2.45, 2.75) is 25.4 Å². The van der Waals surface area contributed by atoms with Crippen LogP contribution in [0.25, 0.3) is 0 Å². The van der Waals surface area contributed by atoms with Crippen LogP contribution in [0.3, 0.4) is 0 Å². The second kappa shape index (κ2) is 5.75. The predicted octanol–water partition coefficient (Wildman–Crippen LogP) is 2.78. The summed E-state index contributed by atoms with van der Waals surface area (Å²) in [7, 11) is -1.73. The average Bonchev–Trinajstić information content (AvgIpc) is 3.00. The van der Waals surface area contributed by atoms with Crippen molar-refractivity contribution in [1.82, 2.24) is 4.90 Å². The van der Waals surface area contributed by atoms with Gasteiger partial charge in [-0.05, 0) is 41.5 Å². The fraction of sp³-hybridized carbons (Fsp3) is 0.412. The molecule has 1 aromatic carbocycles. The van der Waals surface area contributed by atoms with Crippen LogP contribution in [-0.4, -0.2) is 33.2 Å². The van der Waals surface area contributed by atoms with E-state index in [4.69, 9.17) is 4.74 Å². The van der Waals surface area contributed by atoms with E-state index in [2.05, 4.69) is 21.1 Å². The summed E-state index contributed by atoms with van der Waals surface area (Å²) in [5, 5.41) is 2.18. The number of anilines is 1. The van der Waals surface area contributed by atoms with Crippen LogP contribution in [0.1, 0.15) is 27.6 Å².